The molecule has 0 N–H and O–H groups in total. The maximum atomic E-state index is 2.42. The molecule has 2 aromatic heterocycles. The number of benzene rings is 10. The normalized spacial score (nSPS) is 12.1. The van der Waals surface area contributed by atoms with Gasteiger partial charge in [0.05, 0.1) is 0 Å². The molecule has 0 spiro atoms. The van der Waals surface area contributed by atoms with E-state index in [2.05, 4.69) is 182 Å². The van der Waals surface area contributed by atoms with E-state index < -0.39 is 0 Å². The molecule has 12 aromatic rings. The Kier molecular flexibility index (Phi) is 6.48. The van der Waals surface area contributed by atoms with E-state index in [-0.39, 0.29) is 0 Å². The molecule has 250 valence electrons. The molecule has 0 amide bonds. The van der Waals surface area contributed by atoms with Crippen LogP contribution in [0.15, 0.2) is 182 Å². The van der Waals surface area contributed by atoms with Gasteiger partial charge in [0.1, 0.15) is 0 Å². The van der Waals surface area contributed by atoms with Gasteiger partial charge in [-0.2, -0.15) is 0 Å². The summed E-state index contributed by atoms with van der Waals surface area (Å²) in [4.78, 5) is 0. The van der Waals surface area contributed by atoms with Gasteiger partial charge in [0.15, 0.2) is 0 Å². The van der Waals surface area contributed by atoms with Gasteiger partial charge in [0.25, 0.3) is 0 Å². The summed E-state index contributed by atoms with van der Waals surface area (Å²) in [6.07, 6.45) is 0. The smallest absolute Gasteiger partial charge is 0.0440 e. The molecule has 0 aliphatic carbocycles. The summed E-state index contributed by atoms with van der Waals surface area (Å²) in [6, 6.07) is 67.8. The molecule has 0 saturated carbocycles. The minimum atomic E-state index is 1.23. The molecular weight excluding hydrogens is 689 g/mol. The van der Waals surface area contributed by atoms with Crippen LogP contribution in [0.3, 0.4) is 0 Å². The zero-order valence-corrected chi connectivity index (χ0v) is 30.8. The van der Waals surface area contributed by atoms with Gasteiger partial charge >= 0.3 is 0 Å². The fourth-order valence-electron chi connectivity index (χ4n) is 8.99. The van der Waals surface area contributed by atoms with Crippen LogP contribution in [0.2, 0.25) is 0 Å². The largest absolute Gasteiger partial charge is 0.135 e. The highest BCUT2D eigenvalue weighted by molar-refractivity contribution is 7.28. The zero-order chi connectivity index (χ0) is 35.3. The maximum absolute atomic E-state index is 2.42. The summed E-state index contributed by atoms with van der Waals surface area (Å²) in [5.74, 6) is 0. The third kappa shape index (κ3) is 4.42. The topological polar surface area (TPSA) is 0 Å². The van der Waals surface area contributed by atoms with Crippen molar-refractivity contribution in [1.82, 2.24) is 0 Å². The summed E-state index contributed by atoms with van der Waals surface area (Å²) in [6.45, 7) is 0. The van der Waals surface area contributed by atoms with Crippen molar-refractivity contribution in [1.29, 1.82) is 0 Å². The summed E-state index contributed by atoms with van der Waals surface area (Å²) in [7, 11) is 0. The number of thiophene rings is 2. The fraction of sp³-hybridized carbons (Fsp3) is 0. The quantitative estimate of drug-likeness (QED) is 0.160. The predicted molar refractivity (Wildman–Crippen MR) is 239 cm³/mol. The summed E-state index contributed by atoms with van der Waals surface area (Å²) in [5, 5.41) is 15.7. The van der Waals surface area contributed by atoms with Crippen LogP contribution in [-0.2, 0) is 0 Å². The highest BCUT2D eigenvalue weighted by Gasteiger charge is 2.18. The Morgan fingerprint density at radius 1 is 0.259 bits per heavy atom. The van der Waals surface area contributed by atoms with Crippen LogP contribution < -0.4 is 0 Å². The Balaban J connectivity index is 1.05. The molecule has 0 nitrogen and oxygen atoms in total. The number of rotatable bonds is 3. The van der Waals surface area contributed by atoms with Gasteiger partial charge in [-0.1, -0.05) is 146 Å². The Hall–Kier alpha value is -6.32. The van der Waals surface area contributed by atoms with E-state index in [0.717, 1.165) is 0 Å². The number of fused-ring (bicyclic) bond motifs is 12. The molecule has 0 bridgehead atoms. The molecule has 0 aliphatic rings. The molecule has 0 unspecified atom stereocenters. The summed E-state index contributed by atoms with van der Waals surface area (Å²) in [5.41, 5.74) is 7.53. The minimum absolute atomic E-state index is 1.23. The highest BCUT2D eigenvalue weighted by atomic mass is 32.1. The molecule has 0 atom stereocenters. The number of hydrogen-bond donors (Lipinski definition) is 0. The lowest BCUT2D eigenvalue weighted by Gasteiger charge is -2.18. The lowest BCUT2D eigenvalue weighted by Crippen LogP contribution is -1.91. The summed E-state index contributed by atoms with van der Waals surface area (Å²) < 4.78 is 5.42. The lowest BCUT2D eigenvalue weighted by atomic mass is 9.85. The van der Waals surface area contributed by atoms with Gasteiger partial charge in [-0.25, -0.2) is 0 Å². The lowest BCUT2D eigenvalue weighted by molar-refractivity contribution is 1.63. The van der Waals surface area contributed by atoms with E-state index in [1.165, 1.54) is 117 Å². The fourth-order valence-corrected chi connectivity index (χ4v) is 11.3. The van der Waals surface area contributed by atoms with E-state index in [9.17, 15) is 0 Å². The van der Waals surface area contributed by atoms with Crippen LogP contribution in [0.1, 0.15) is 0 Å². The van der Waals surface area contributed by atoms with Crippen molar-refractivity contribution >= 4 is 106 Å². The van der Waals surface area contributed by atoms with Crippen LogP contribution in [-0.4, -0.2) is 0 Å². The van der Waals surface area contributed by atoms with Gasteiger partial charge in [-0.15, -0.1) is 22.7 Å². The van der Waals surface area contributed by atoms with Gasteiger partial charge in [0.2, 0.25) is 0 Å². The predicted octanol–water partition coefficient (Wildman–Crippen LogP) is 16.0. The van der Waals surface area contributed by atoms with Crippen molar-refractivity contribution < 1.29 is 0 Å². The average Bonchev–Trinajstić information content (AvgIpc) is 3.81. The average molecular weight is 719 g/mol. The minimum Gasteiger partial charge on any atom is -0.135 e. The van der Waals surface area contributed by atoms with E-state index in [4.69, 9.17) is 0 Å². The van der Waals surface area contributed by atoms with E-state index in [1.54, 1.807) is 0 Å². The third-order valence-electron chi connectivity index (χ3n) is 11.4. The van der Waals surface area contributed by atoms with Crippen molar-refractivity contribution in [3.05, 3.63) is 182 Å². The highest BCUT2D eigenvalue weighted by Crippen LogP contribution is 2.47. The van der Waals surface area contributed by atoms with Crippen LogP contribution >= 0.6 is 22.7 Å². The Morgan fingerprint density at radius 3 is 1.59 bits per heavy atom. The van der Waals surface area contributed by atoms with Crippen LogP contribution in [0.25, 0.3) is 117 Å². The van der Waals surface area contributed by atoms with Crippen LogP contribution in [0.4, 0.5) is 0 Å². The third-order valence-corrected chi connectivity index (χ3v) is 13.8. The van der Waals surface area contributed by atoms with E-state index >= 15 is 0 Å². The van der Waals surface area contributed by atoms with Gasteiger partial charge < -0.3 is 0 Å². The maximum Gasteiger partial charge on any atom is 0.0440 e. The first-order chi connectivity index (χ1) is 26.8. The van der Waals surface area contributed by atoms with Crippen molar-refractivity contribution in [2.24, 2.45) is 0 Å². The molecule has 0 saturated heterocycles. The molecule has 54 heavy (non-hydrogen) atoms. The van der Waals surface area contributed by atoms with Crippen molar-refractivity contribution in [3.8, 4) is 33.4 Å². The first-order valence-electron chi connectivity index (χ1n) is 18.5. The molecule has 0 aliphatic heterocycles. The van der Waals surface area contributed by atoms with Crippen molar-refractivity contribution in [2.45, 2.75) is 0 Å². The molecule has 10 aromatic carbocycles. The molecule has 2 heterocycles. The Labute approximate surface area is 319 Å². The van der Waals surface area contributed by atoms with Gasteiger partial charge in [-0.3, -0.25) is 0 Å². The van der Waals surface area contributed by atoms with E-state index in [1.807, 2.05) is 22.7 Å². The molecule has 12 rings (SSSR count). The summed E-state index contributed by atoms with van der Waals surface area (Å²) >= 11 is 3.83. The first-order valence-corrected chi connectivity index (χ1v) is 20.1. The standard InChI is InChI=1S/C52H30S2/c1-2-11-33-28-37(21-20-31(33)10-1)49-40-16-5-3-14-38(40)48(39-15-4-6-17-41(39)49)36-13-9-12-34(29-36)35-24-26-46-44(30-35)42-25-22-32-23-27-47-51(50(32)52(42)54-46)43-18-7-8-19-45(43)53-47/h1-30H. The van der Waals surface area contributed by atoms with Crippen molar-refractivity contribution in [2.75, 3.05) is 0 Å². The molecule has 0 fully saturated rings. The van der Waals surface area contributed by atoms with Gasteiger partial charge in [0, 0.05) is 45.7 Å². The SMILES string of the molecule is c1cc(-c2ccc3sc4c(ccc5ccc6sc7ccccc7c6c54)c3c2)cc(-c2c3ccccc3c(-c3ccc4ccccc4c3)c3ccccc23)c1. The second kappa shape index (κ2) is 11.6. The Bertz CT molecular complexity index is 3450. The first kappa shape index (κ1) is 30.2. The van der Waals surface area contributed by atoms with Crippen molar-refractivity contribution in [3.63, 3.8) is 0 Å². The molecule has 0 radical (unpaired) electrons. The second-order valence-electron chi connectivity index (χ2n) is 14.4. The Morgan fingerprint density at radius 2 is 0.815 bits per heavy atom. The molecule has 2 heteroatoms. The second-order valence-corrected chi connectivity index (χ2v) is 16.5. The molecular formula is C52H30S2. The van der Waals surface area contributed by atoms with Crippen LogP contribution in [0.5, 0.6) is 0 Å². The van der Waals surface area contributed by atoms with E-state index in [0.29, 0.717) is 0 Å². The monoisotopic (exact) mass is 718 g/mol. The number of hydrogen-bond acceptors (Lipinski definition) is 2. The van der Waals surface area contributed by atoms with Gasteiger partial charge in [-0.05, 0) is 107 Å². The zero-order valence-electron chi connectivity index (χ0n) is 29.1. The van der Waals surface area contributed by atoms with Crippen LogP contribution in [0, 0.1) is 0 Å².